The molecule has 1 atom stereocenters. The molecule has 0 radical (unpaired) electrons. The van der Waals surface area contributed by atoms with Crippen LogP contribution in [-0.4, -0.2) is 23.4 Å². The van der Waals surface area contributed by atoms with E-state index in [1.807, 2.05) is 0 Å². The molecule has 0 saturated heterocycles. The van der Waals surface area contributed by atoms with E-state index in [0.717, 1.165) is 12.3 Å². The van der Waals surface area contributed by atoms with E-state index in [-0.39, 0.29) is 15.9 Å². The Hall–Kier alpha value is -0.820. The Labute approximate surface area is 98.4 Å². The normalized spacial score (nSPS) is 15.7. The van der Waals surface area contributed by atoms with Gasteiger partial charge in [0.1, 0.15) is 0 Å². The Kier molecular flexibility index (Phi) is 3.49. The number of pyridine rings is 1. The SMILES string of the molecule is COc1ncc(C(C)(O)C(F)(F)F)cc1Br. The van der Waals surface area contributed by atoms with Crippen molar-refractivity contribution in [2.45, 2.75) is 18.7 Å². The summed E-state index contributed by atoms with van der Waals surface area (Å²) in [6.45, 7) is 0.670. The number of halogens is 4. The first-order valence-electron chi connectivity index (χ1n) is 4.19. The predicted molar refractivity (Wildman–Crippen MR) is 54.1 cm³/mol. The molecular weight excluding hydrogens is 291 g/mol. The molecule has 0 aliphatic carbocycles. The third-order valence-electron chi connectivity index (χ3n) is 2.11. The van der Waals surface area contributed by atoms with Crippen molar-refractivity contribution < 1.29 is 23.0 Å². The van der Waals surface area contributed by atoms with E-state index in [0.29, 0.717) is 6.92 Å². The maximum atomic E-state index is 12.5. The first-order valence-corrected chi connectivity index (χ1v) is 4.98. The van der Waals surface area contributed by atoms with E-state index in [1.165, 1.54) is 7.11 Å². The Morgan fingerprint density at radius 1 is 1.44 bits per heavy atom. The Morgan fingerprint density at radius 3 is 2.38 bits per heavy atom. The maximum absolute atomic E-state index is 12.5. The van der Waals surface area contributed by atoms with Crippen LogP contribution in [0.15, 0.2) is 16.7 Å². The summed E-state index contributed by atoms with van der Waals surface area (Å²) in [5, 5.41) is 9.38. The zero-order chi connectivity index (χ0) is 12.6. The van der Waals surface area contributed by atoms with Gasteiger partial charge in [-0.1, -0.05) is 0 Å². The molecule has 0 bridgehead atoms. The zero-order valence-corrected chi connectivity index (χ0v) is 10.1. The first-order chi connectivity index (χ1) is 7.20. The average Bonchev–Trinajstić information content (AvgIpc) is 2.15. The minimum Gasteiger partial charge on any atom is -0.480 e. The summed E-state index contributed by atoms with van der Waals surface area (Å²) in [6.07, 6.45) is -3.83. The summed E-state index contributed by atoms with van der Waals surface area (Å²) in [7, 11) is 1.34. The summed E-state index contributed by atoms with van der Waals surface area (Å²) in [5.41, 5.74) is -3.29. The molecule has 1 rings (SSSR count). The minimum atomic E-state index is -4.76. The lowest BCUT2D eigenvalue weighted by atomic mass is 9.97. The van der Waals surface area contributed by atoms with Gasteiger partial charge in [-0.15, -0.1) is 0 Å². The fourth-order valence-electron chi connectivity index (χ4n) is 1.01. The number of hydrogen-bond acceptors (Lipinski definition) is 3. The van der Waals surface area contributed by atoms with Gasteiger partial charge in [0.2, 0.25) is 5.88 Å². The smallest absolute Gasteiger partial charge is 0.421 e. The van der Waals surface area contributed by atoms with Crippen molar-refractivity contribution in [3.8, 4) is 5.88 Å². The van der Waals surface area contributed by atoms with Gasteiger partial charge in [0, 0.05) is 11.8 Å². The predicted octanol–water partition coefficient (Wildman–Crippen LogP) is 2.62. The molecule has 0 aliphatic heterocycles. The Bertz CT molecular complexity index is 393. The van der Waals surface area contributed by atoms with E-state index in [4.69, 9.17) is 4.74 Å². The fraction of sp³-hybridized carbons (Fsp3) is 0.444. The van der Waals surface area contributed by atoms with Crippen LogP contribution < -0.4 is 4.74 Å². The van der Waals surface area contributed by atoms with E-state index in [2.05, 4.69) is 20.9 Å². The molecule has 16 heavy (non-hydrogen) atoms. The van der Waals surface area contributed by atoms with Crippen molar-refractivity contribution in [2.24, 2.45) is 0 Å². The van der Waals surface area contributed by atoms with Crippen LogP contribution in [0.5, 0.6) is 5.88 Å². The van der Waals surface area contributed by atoms with Crippen LogP contribution in [0.4, 0.5) is 13.2 Å². The second kappa shape index (κ2) is 4.21. The molecular formula is C9H9BrF3NO2. The van der Waals surface area contributed by atoms with Crippen LogP contribution in [0, 0.1) is 0 Å². The molecule has 0 aliphatic rings. The van der Waals surface area contributed by atoms with Crippen LogP contribution >= 0.6 is 15.9 Å². The maximum Gasteiger partial charge on any atom is 0.421 e. The number of alkyl halides is 3. The third-order valence-corrected chi connectivity index (χ3v) is 2.68. The molecule has 0 saturated carbocycles. The lowest BCUT2D eigenvalue weighted by Gasteiger charge is -2.26. The van der Waals surface area contributed by atoms with Crippen LogP contribution in [0.25, 0.3) is 0 Å². The highest BCUT2D eigenvalue weighted by molar-refractivity contribution is 9.10. The van der Waals surface area contributed by atoms with E-state index in [1.54, 1.807) is 0 Å². The number of nitrogens with zero attached hydrogens (tertiary/aromatic N) is 1. The molecule has 1 unspecified atom stereocenters. The van der Waals surface area contributed by atoms with Gasteiger partial charge in [-0.05, 0) is 28.9 Å². The number of rotatable bonds is 2. The van der Waals surface area contributed by atoms with Crippen LogP contribution in [0.1, 0.15) is 12.5 Å². The van der Waals surface area contributed by atoms with Crippen molar-refractivity contribution in [2.75, 3.05) is 7.11 Å². The van der Waals surface area contributed by atoms with Crippen molar-refractivity contribution in [1.82, 2.24) is 4.98 Å². The Balaban J connectivity index is 3.20. The molecule has 1 aromatic rings. The molecule has 1 aromatic heterocycles. The quantitative estimate of drug-likeness (QED) is 0.913. The van der Waals surface area contributed by atoms with Gasteiger partial charge in [0.15, 0.2) is 5.60 Å². The van der Waals surface area contributed by atoms with Gasteiger partial charge in [0.05, 0.1) is 11.6 Å². The number of ether oxygens (including phenoxy) is 1. The van der Waals surface area contributed by atoms with Crippen molar-refractivity contribution >= 4 is 15.9 Å². The van der Waals surface area contributed by atoms with E-state index < -0.39 is 11.8 Å². The largest absolute Gasteiger partial charge is 0.480 e. The molecule has 1 N–H and O–H groups in total. The fourth-order valence-corrected chi connectivity index (χ4v) is 1.52. The molecule has 0 amide bonds. The number of aliphatic hydroxyl groups is 1. The van der Waals surface area contributed by atoms with Crippen molar-refractivity contribution in [3.63, 3.8) is 0 Å². The van der Waals surface area contributed by atoms with Crippen molar-refractivity contribution in [1.29, 1.82) is 0 Å². The summed E-state index contributed by atoms with van der Waals surface area (Å²) < 4.78 is 42.6. The molecule has 0 spiro atoms. The van der Waals surface area contributed by atoms with Crippen molar-refractivity contribution in [3.05, 3.63) is 22.3 Å². The number of methoxy groups -OCH3 is 1. The van der Waals surface area contributed by atoms with Gasteiger partial charge < -0.3 is 9.84 Å². The number of hydrogen-bond donors (Lipinski definition) is 1. The molecule has 0 aromatic carbocycles. The third kappa shape index (κ3) is 2.30. The highest BCUT2D eigenvalue weighted by Gasteiger charge is 2.51. The standard InChI is InChI=1S/C9H9BrF3NO2/c1-8(15,9(11,12)13)5-3-6(10)7(16-2)14-4-5/h3-4,15H,1-2H3. The van der Waals surface area contributed by atoms with Gasteiger partial charge in [-0.2, -0.15) is 13.2 Å². The van der Waals surface area contributed by atoms with Crippen LogP contribution in [0.2, 0.25) is 0 Å². The minimum absolute atomic E-state index is 0.154. The molecule has 1 heterocycles. The highest BCUT2D eigenvalue weighted by Crippen LogP contribution is 2.39. The second-order valence-corrected chi connectivity index (χ2v) is 4.14. The summed E-state index contributed by atoms with van der Waals surface area (Å²) in [6, 6.07) is 1.12. The lowest BCUT2D eigenvalue weighted by molar-refractivity contribution is -0.259. The van der Waals surface area contributed by atoms with Gasteiger partial charge >= 0.3 is 6.18 Å². The Morgan fingerprint density at radius 2 is 2.00 bits per heavy atom. The topological polar surface area (TPSA) is 42.4 Å². The van der Waals surface area contributed by atoms with Crippen LogP contribution in [-0.2, 0) is 5.60 Å². The van der Waals surface area contributed by atoms with Gasteiger partial charge in [0.25, 0.3) is 0 Å². The number of aromatic nitrogens is 1. The van der Waals surface area contributed by atoms with Gasteiger partial charge in [-0.3, -0.25) is 0 Å². The zero-order valence-electron chi connectivity index (χ0n) is 8.47. The first kappa shape index (κ1) is 13.2. The van der Waals surface area contributed by atoms with E-state index in [9.17, 15) is 18.3 Å². The monoisotopic (exact) mass is 299 g/mol. The molecule has 7 heteroatoms. The molecule has 3 nitrogen and oxygen atoms in total. The lowest BCUT2D eigenvalue weighted by Crippen LogP contribution is -2.39. The van der Waals surface area contributed by atoms with Gasteiger partial charge in [-0.25, -0.2) is 4.98 Å². The van der Waals surface area contributed by atoms with Crippen LogP contribution in [0.3, 0.4) is 0 Å². The van der Waals surface area contributed by atoms with E-state index >= 15 is 0 Å². The molecule has 0 fully saturated rings. The molecule has 90 valence electrons. The second-order valence-electron chi connectivity index (χ2n) is 3.29. The average molecular weight is 300 g/mol. The summed E-state index contributed by atoms with van der Waals surface area (Å²) >= 11 is 3.00. The summed E-state index contributed by atoms with van der Waals surface area (Å²) in [5.74, 6) is 0.154. The summed E-state index contributed by atoms with van der Waals surface area (Å²) in [4.78, 5) is 3.65. The highest BCUT2D eigenvalue weighted by atomic mass is 79.9.